The molecule has 0 aliphatic carbocycles. The SMILES string of the molecule is Cc1ncc(Cn2cc(-c3ccc4c(c3)Nc3ccc(CCOc5ccc(N6CCOCC6)cc5)cc3NC4=O)c3ccncc32)s1. The van der Waals surface area contributed by atoms with Gasteiger partial charge in [0.1, 0.15) is 5.75 Å². The Bertz CT molecular complexity index is 2080. The number of fused-ring (bicyclic) bond motifs is 3. The van der Waals surface area contributed by atoms with Crippen molar-refractivity contribution in [2.24, 2.45) is 0 Å². The predicted octanol–water partition coefficient (Wildman–Crippen LogP) is 7.28. The number of nitrogens with zero attached hydrogens (tertiary/aromatic N) is 4. The third-order valence-corrected chi connectivity index (χ3v) is 9.63. The average Bonchev–Trinajstić information content (AvgIpc) is 3.65. The second-order valence-corrected chi connectivity index (χ2v) is 13.1. The summed E-state index contributed by atoms with van der Waals surface area (Å²) < 4.78 is 13.7. The zero-order valence-electron chi connectivity index (χ0n) is 26.0. The van der Waals surface area contributed by atoms with Crippen LogP contribution in [0.25, 0.3) is 22.0 Å². The van der Waals surface area contributed by atoms with E-state index in [4.69, 9.17) is 9.47 Å². The minimum absolute atomic E-state index is 0.140. The largest absolute Gasteiger partial charge is 0.493 e. The summed E-state index contributed by atoms with van der Waals surface area (Å²) in [6.45, 7) is 6.63. The number of anilines is 4. The number of nitrogens with one attached hydrogen (secondary N) is 2. The molecule has 0 saturated carbocycles. The number of carbonyl (C=O) groups is 1. The first-order chi connectivity index (χ1) is 23.1. The van der Waals surface area contributed by atoms with Crippen LogP contribution in [-0.4, -0.2) is 53.4 Å². The Morgan fingerprint density at radius 2 is 1.79 bits per heavy atom. The summed E-state index contributed by atoms with van der Waals surface area (Å²) in [5.74, 6) is 0.703. The molecule has 0 unspecified atom stereocenters. The van der Waals surface area contributed by atoms with Gasteiger partial charge in [0.25, 0.3) is 5.91 Å². The molecule has 5 heterocycles. The Hall–Kier alpha value is -5.19. The molecule has 47 heavy (non-hydrogen) atoms. The number of thiazole rings is 1. The topological polar surface area (TPSA) is 93.5 Å². The lowest BCUT2D eigenvalue weighted by Crippen LogP contribution is -2.36. The number of aromatic nitrogens is 3. The van der Waals surface area contributed by atoms with Crippen LogP contribution in [0.15, 0.2) is 91.5 Å². The van der Waals surface area contributed by atoms with Crippen LogP contribution in [0.1, 0.15) is 25.8 Å². The van der Waals surface area contributed by atoms with E-state index in [0.29, 0.717) is 18.6 Å². The van der Waals surface area contributed by atoms with Gasteiger partial charge < -0.3 is 29.6 Å². The predicted molar refractivity (Wildman–Crippen MR) is 187 cm³/mol. The van der Waals surface area contributed by atoms with Gasteiger partial charge in [-0.1, -0.05) is 12.1 Å². The van der Waals surface area contributed by atoms with Gasteiger partial charge in [0.15, 0.2) is 0 Å². The van der Waals surface area contributed by atoms with Crippen LogP contribution in [-0.2, 0) is 17.7 Å². The summed E-state index contributed by atoms with van der Waals surface area (Å²) in [5.41, 5.74) is 8.41. The van der Waals surface area contributed by atoms with Crippen LogP contribution in [0.5, 0.6) is 5.75 Å². The highest BCUT2D eigenvalue weighted by molar-refractivity contribution is 7.11. The van der Waals surface area contributed by atoms with E-state index < -0.39 is 0 Å². The van der Waals surface area contributed by atoms with Gasteiger partial charge in [0.2, 0.25) is 0 Å². The highest BCUT2D eigenvalue weighted by atomic mass is 32.1. The number of ether oxygens (including phenoxy) is 2. The molecule has 236 valence electrons. The van der Waals surface area contributed by atoms with E-state index in [1.807, 2.05) is 68.0 Å². The Morgan fingerprint density at radius 1 is 0.915 bits per heavy atom. The number of amides is 1. The molecule has 6 aromatic rings. The summed E-state index contributed by atoms with van der Waals surface area (Å²) in [4.78, 5) is 25.7. The molecule has 3 aromatic carbocycles. The quantitative estimate of drug-likeness (QED) is 0.180. The van der Waals surface area contributed by atoms with Gasteiger partial charge >= 0.3 is 0 Å². The van der Waals surface area contributed by atoms with Crippen molar-refractivity contribution >= 4 is 50.9 Å². The van der Waals surface area contributed by atoms with Crippen LogP contribution in [0.3, 0.4) is 0 Å². The summed E-state index contributed by atoms with van der Waals surface area (Å²) in [7, 11) is 0. The average molecular weight is 643 g/mol. The molecule has 2 N–H and O–H groups in total. The molecule has 0 bridgehead atoms. The molecule has 8 rings (SSSR count). The highest BCUT2D eigenvalue weighted by Crippen LogP contribution is 2.38. The maximum Gasteiger partial charge on any atom is 0.257 e. The Kier molecular flexibility index (Phi) is 7.80. The van der Waals surface area contributed by atoms with Crippen LogP contribution < -0.4 is 20.3 Å². The Labute approximate surface area is 276 Å². The van der Waals surface area contributed by atoms with Gasteiger partial charge in [0.05, 0.1) is 65.7 Å². The van der Waals surface area contributed by atoms with Crippen LogP contribution in [0.2, 0.25) is 0 Å². The standard InChI is InChI=1S/C37H34N6O3S/c1-24-39-20-29(47-24)22-43-23-32(30-10-12-38-21-36(30)43)26-3-8-31-34(19-26)40-33-9-2-25(18-35(33)41-37(31)44)11-15-46-28-6-4-27(5-7-28)42-13-16-45-17-14-42/h2-10,12,18-21,23,40H,11,13-17,22H2,1H3,(H,41,44). The number of aryl methyl sites for hydroxylation is 1. The van der Waals surface area contributed by atoms with E-state index >= 15 is 0 Å². The fourth-order valence-corrected chi connectivity index (χ4v) is 7.11. The van der Waals surface area contributed by atoms with Crippen LogP contribution in [0, 0.1) is 6.92 Å². The minimum Gasteiger partial charge on any atom is -0.493 e. The normalized spacial score (nSPS) is 14.2. The van der Waals surface area contributed by atoms with Crippen LogP contribution in [0.4, 0.5) is 22.7 Å². The first-order valence-electron chi connectivity index (χ1n) is 15.8. The fourth-order valence-electron chi connectivity index (χ4n) is 6.31. The molecule has 0 radical (unpaired) electrons. The van der Waals surface area contributed by atoms with E-state index in [0.717, 1.165) is 88.3 Å². The molecule has 1 saturated heterocycles. The molecule has 1 fully saturated rings. The van der Waals surface area contributed by atoms with Gasteiger partial charge in [0, 0.05) is 59.6 Å². The number of carbonyl (C=O) groups excluding carboxylic acids is 1. The molecule has 2 aliphatic rings. The fraction of sp³-hybridized carbons (Fsp3) is 0.216. The van der Waals surface area contributed by atoms with E-state index in [2.05, 4.69) is 60.5 Å². The van der Waals surface area contributed by atoms with Crippen molar-refractivity contribution in [3.8, 4) is 16.9 Å². The van der Waals surface area contributed by atoms with Gasteiger partial charge in [-0.05, 0) is 72.6 Å². The number of rotatable bonds is 8. The van der Waals surface area contributed by atoms with Crippen molar-refractivity contribution in [2.45, 2.75) is 19.9 Å². The lowest BCUT2D eigenvalue weighted by atomic mass is 10.0. The first-order valence-corrected chi connectivity index (χ1v) is 16.6. The zero-order valence-corrected chi connectivity index (χ0v) is 26.8. The molecule has 0 spiro atoms. The monoisotopic (exact) mass is 642 g/mol. The van der Waals surface area contributed by atoms with E-state index in [-0.39, 0.29) is 5.91 Å². The maximum atomic E-state index is 13.4. The molecule has 0 atom stereocenters. The maximum absolute atomic E-state index is 13.4. The van der Waals surface area contributed by atoms with Gasteiger partial charge in [-0.15, -0.1) is 11.3 Å². The van der Waals surface area contributed by atoms with Crippen molar-refractivity contribution < 1.29 is 14.3 Å². The zero-order chi connectivity index (χ0) is 31.7. The highest BCUT2D eigenvalue weighted by Gasteiger charge is 2.21. The third kappa shape index (κ3) is 6.05. The van der Waals surface area contributed by atoms with Gasteiger partial charge in [-0.2, -0.15) is 0 Å². The molecule has 2 aliphatic heterocycles. The van der Waals surface area contributed by atoms with E-state index in [9.17, 15) is 4.79 Å². The molecule has 10 heteroatoms. The van der Waals surface area contributed by atoms with E-state index in [1.54, 1.807) is 11.3 Å². The van der Waals surface area contributed by atoms with Crippen LogP contribution >= 0.6 is 11.3 Å². The van der Waals surface area contributed by atoms with Crippen molar-refractivity contribution in [1.29, 1.82) is 0 Å². The van der Waals surface area contributed by atoms with Gasteiger partial charge in [-0.3, -0.25) is 9.78 Å². The van der Waals surface area contributed by atoms with E-state index in [1.165, 1.54) is 10.6 Å². The van der Waals surface area contributed by atoms with Crippen molar-refractivity contribution in [3.63, 3.8) is 0 Å². The van der Waals surface area contributed by atoms with Crippen molar-refractivity contribution in [2.75, 3.05) is 48.4 Å². The molecular weight excluding hydrogens is 609 g/mol. The Balaban J connectivity index is 0.984. The summed E-state index contributed by atoms with van der Waals surface area (Å²) in [6, 6.07) is 22.4. The third-order valence-electron chi connectivity index (χ3n) is 8.73. The minimum atomic E-state index is -0.140. The summed E-state index contributed by atoms with van der Waals surface area (Å²) >= 11 is 1.70. The lowest BCUT2D eigenvalue weighted by Gasteiger charge is -2.28. The molecule has 9 nitrogen and oxygen atoms in total. The number of hydrogen-bond donors (Lipinski definition) is 2. The lowest BCUT2D eigenvalue weighted by molar-refractivity contribution is 0.102. The molecule has 1 amide bonds. The summed E-state index contributed by atoms with van der Waals surface area (Å²) in [6.07, 6.45) is 8.55. The van der Waals surface area contributed by atoms with Gasteiger partial charge in [-0.25, -0.2) is 4.98 Å². The number of hydrogen-bond acceptors (Lipinski definition) is 8. The Morgan fingerprint density at radius 3 is 2.62 bits per heavy atom. The second kappa shape index (κ2) is 12.5. The number of pyridine rings is 1. The number of benzene rings is 3. The number of morpholine rings is 1. The molecular formula is C37H34N6O3S. The first kappa shape index (κ1) is 29.2. The second-order valence-electron chi connectivity index (χ2n) is 11.8. The smallest absolute Gasteiger partial charge is 0.257 e. The summed E-state index contributed by atoms with van der Waals surface area (Å²) in [5, 5.41) is 8.81. The molecule has 3 aromatic heterocycles. The van der Waals surface area contributed by atoms with Crippen molar-refractivity contribution in [3.05, 3.63) is 113 Å². The van der Waals surface area contributed by atoms with Crippen molar-refractivity contribution in [1.82, 2.24) is 14.5 Å².